The zero-order valence-electron chi connectivity index (χ0n) is 12.9. The number of hydrogen-bond donors (Lipinski definition) is 2. The van der Waals surface area contributed by atoms with Crippen molar-refractivity contribution in [2.75, 3.05) is 5.32 Å². The Hall–Kier alpha value is -2.24. The molecule has 0 bridgehead atoms. The first kappa shape index (κ1) is 16.2. The standard InChI is InChI=1S/C18H14Cl2N2O3/c19-14-6-5-12-10-2-1-3-11(10)17(21-18(12)16(14)20)13-8-9(22(24)25)4-7-15(13)23/h1-2,4-8,10-11,17,21,23H,3H2. The van der Waals surface area contributed by atoms with Crippen molar-refractivity contribution in [2.45, 2.75) is 18.4 Å². The van der Waals surface area contributed by atoms with Crippen LogP contribution in [0.25, 0.3) is 0 Å². The van der Waals surface area contributed by atoms with Crippen molar-refractivity contribution in [3.05, 3.63) is 73.8 Å². The second kappa shape index (κ2) is 5.93. The average molecular weight is 377 g/mol. The molecule has 3 unspecified atom stereocenters. The van der Waals surface area contributed by atoms with E-state index in [1.807, 2.05) is 6.07 Å². The van der Waals surface area contributed by atoms with Crippen LogP contribution in [0.5, 0.6) is 5.75 Å². The summed E-state index contributed by atoms with van der Waals surface area (Å²) in [6.07, 6.45) is 5.02. The second-order valence-corrected chi connectivity index (χ2v) is 7.09. The number of phenols is 1. The van der Waals surface area contributed by atoms with E-state index in [1.54, 1.807) is 6.07 Å². The minimum atomic E-state index is -0.464. The van der Waals surface area contributed by atoms with Gasteiger partial charge in [-0.05, 0) is 30.0 Å². The van der Waals surface area contributed by atoms with E-state index in [4.69, 9.17) is 23.2 Å². The number of fused-ring (bicyclic) bond motifs is 3. The Morgan fingerprint density at radius 1 is 1.20 bits per heavy atom. The van der Waals surface area contributed by atoms with E-state index < -0.39 is 4.92 Å². The lowest BCUT2D eigenvalue weighted by molar-refractivity contribution is -0.385. The first-order chi connectivity index (χ1) is 12.0. The topological polar surface area (TPSA) is 75.4 Å². The number of anilines is 1. The lowest BCUT2D eigenvalue weighted by Crippen LogP contribution is -2.29. The van der Waals surface area contributed by atoms with Crippen LogP contribution in [0.3, 0.4) is 0 Å². The maximum Gasteiger partial charge on any atom is 0.270 e. The molecule has 2 aromatic rings. The summed E-state index contributed by atoms with van der Waals surface area (Å²) in [7, 11) is 0. The quantitative estimate of drug-likeness (QED) is 0.416. The Labute approximate surface area is 154 Å². The number of nitrogens with one attached hydrogen (secondary N) is 1. The molecule has 0 fully saturated rings. The van der Waals surface area contributed by atoms with Gasteiger partial charge in [-0.3, -0.25) is 10.1 Å². The van der Waals surface area contributed by atoms with Gasteiger partial charge in [0.15, 0.2) is 0 Å². The van der Waals surface area contributed by atoms with Crippen LogP contribution in [-0.4, -0.2) is 10.0 Å². The van der Waals surface area contributed by atoms with Crippen LogP contribution in [0.15, 0.2) is 42.5 Å². The molecule has 0 spiro atoms. The number of non-ortho nitro benzene ring substituents is 1. The molecule has 1 heterocycles. The van der Waals surface area contributed by atoms with Crippen LogP contribution in [0, 0.1) is 16.0 Å². The maximum atomic E-state index is 11.1. The molecule has 1 aliphatic heterocycles. The van der Waals surface area contributed by atoms with Gasteiger partial charge in [0.1, 0.15) is 5.75 Å². The van der Waals surface area contributed by atoms with Crippen molar-refractivity contribution in [1.82, 2.24) is 0 Å². The summed E-state index contributed by atoms with van der Waals surface area (Å²) < 4.78 is 0. The Bertz CT molecular complexity index is 913. The molecule has 25 heavy (non-hydrogen) atoms. The Balaban J connectivity index is 1.86. The molecule has 2 aromatic carbocycles. The highest BCUT2D eigenvalue weighted by molar-refractivity contribution is 6.43. The minimum absolute atomic E-state index is 0.0235. The summed E-state index contributed by atoms with van der Waals surface area (Å²) in [6, 6.07) is 7.51. The van der Waals surface area contributed by atoms with Gasteiger partial charge in [-0.1, -0.05) is 41.4 Å². The highest BCUT2D eigenvalue weighted by Crippen LogP contribution is 2.53. The third-order valence-electron chi connectivity index (χ3n) is 4.98. The van der Waals surface area contributed by atoms with Gasteiger partial charge in [-0.15, -0.1) is 0 Å². The molecule has 1 aliphatic carbocycles. The lowest BCUT2D eigenvalue weighted by atomic mass is 9.77. The molecule has 128 valence electrons. The molecular weight excluding hydrogens is 363 g/mol. The molecule has 4 rings (SSSR count). The smallest absolute Gasteiger partial charge is 0.270 e. The number of nitro benzene ring substituents is 1. The largest absolute Gasteiger partial charge is 0.508 e. The summed E-state index contributed by atoms with van der Waals surface area (Å²) in [6.45, 7) is 0. The zero-order valence-corrected chi connectivity index (χ0v) is 14.5. The Morgan fingerprint density at radius 2 is 2.00 bits per heavy atom. The van der Waals surface area contributed by atoms with Crippen molar-refractivity contribution < 1.29 is 10.0 Å². The fourth-order valence-electron chi connectivity index (χ4n) is 3.81. The third kappa shape index (κ3) is 2.55. The van der Waals surface area contributed by atoms with Gasteiger partial charge in [0.05, 0.1) is 26.7 Å². The minimum Gasteiger partial charge on any atom is -0.508 e. The monoisotopic (exact) mass is 376 g/mol. The van der Waals surface area contributed by atoms with Crippen molar-refractivity contribution in [2.24, 2.45) is 5.92 Å². The number of benzene rings is 2. The maximum absolute atomic E-state index is 11.1. The lowest BCUT2D eigenvalue weighted by Gasteiger charge is -2.38. The SMILES string of the molecule is O=[N+]([O-])c1ccc(O)c(C2Nc3c(ccc(Cl)c3Cl)C3C=CCC32)c1. The normalized spacial score (nSPS) is 23.7. The summed E-state index contributed by atoms with van der Waals surface area (Å²) >= 11 is 12.5. The molecule has 2 aliphatic rings. The van der Waals surface area contributed by atoms with Crippen molar-refractivity contribution >= 4 is 34.6 Å². The number of halogens is 2. The fraction of sp³-hybridized carbons (Fsp3) is 0.222. The van der Waals surface area contributed by atoms with E-state index in [0.717, 1.165) is 17.7 Å². The van der Waals surface area contributed by atoms with Gasteiger partial charge < -0.3 is 10.4 Å². The van der Waals surface area contributed by atoms with Gasteiger partial charge in [-0.2, -0.15) is 0 Å². The van der Waals surface area contributed by atoms with Crippen molar-refractivity contribution in [3.63, 3.8) is 0 Å². The number of allylic oxidation sites excluding steroid dienone is 2. The molecule has 0 radical (unpaired) electrons. The van der Waals surface area contributed by atoms with E-state index in [-0.39, 0.29) is 29.3 Å². The molecule has 7 heteroatoms. The Kier molecular flexibility index (Phi) is 3.85. The number of rotatable bonds is 2. The van der Waals surface area contributed by atoms with Crippen LogP contribution in [0.2, 0.25) is 10.0 Å². The van der Waals surface area contributed by atoms with Crippen LogP contribution in [0.4, 0.5) is 11.4 Å². The number of phenolic OH excluding ortho intramolecular Hbond substituents is 1. The molecule has 0 amide bonds. The summed E-state index contributed by atoms with van der Waals surface area (Å²) in [4.78, 5) is 10.7. The summed E-state index contributed by atoms with van der Waals surface area (Å²) in [5.41, 5.74) is 2.21. The predicted octanol–water partition coefficient (Wildman–Crippen LogP) is 5.43. The third-order valence-corrected chi connectivity index (χ3v) is 5.79. The van der Waals surface area contributed by atoms with E-state index in [9.17, 15) is 15.2 Å². The first-order valence-electron chi connectivity index (χ1n) is 7.85. The second-order valence-electron chi connectivity index (χ2n) is 6.30. The van der Waals surface area contributed by atoms with Crippen LogP contribution < -0.4 is 5.32 Å². The summed E-state index contributed by atoms with van der Waals surface area (Å²) in [5, 5.41) is 25.7. The number of aromatic hydroxyl groups is 1. The van der Waals surface area contributed by atoms with E-state index in [2.05, 4.69) is 17.5 Å². The number of hydrogen-bond acceptors (Lipinski definition) is 4. The van der Waals surface area contributed by atoms with Gasteiger partial charge in [0, 0.05) is 23.6 Å². The molecular formula is C18H14Cl2N2O3. The molecule has 0 saturated carbocycles. The highest BCUT2D eigenvalue weighted by atomic mass is 35.5. The van der Waals surface area contributed by atoms with E-state index >= 15 is 0 Å². The van der Waals surface area contributed by atoms with Crippen LogP contribution >= 0.6 is 23.2 Å². The molecule has 3 atom stereocenters. The molecule has 0 aromatic heterocycles. The van der Waals surface area contributed by atoms with Crippen molar-refractivity contribution in [3.8, 4) is 5.75 Å². The zero-order chi connectivity index (χ0) is 17.7. The molecule has 5 nitrogen and oxygen atoms in total. The average Bonchev–Trinajstić information content (AvgIpc) is 3.07. The van der Waals surface area contributed by atoms with Gasteiger partial charge in [-0.25, -0.2) is 0 Å². The summed E-state index contributed by atoms with van der Waals surface area (Å²) in [5.74, 6) is 0.280. The number of nitrogens with zero attached hydrogens (tertiary/aromatic N) is 1. The molecule has 2 N–H and O–H groups in total. The van der Waals surface area contributed by atoms with Crippen LogP contribution in [0.1, 0.15) is 29.5 Å². The van der Waals surface area contributed by atoms with E-state index in [1.165, 1.54) is 18.2 Å². The molecule has 0 saturated heterocycles. The van der Waals surface area contributed by atoms with E-state index in [0.29, 0.717) is 15.6 Å². The van der Waals surface area contributed by atoms with Gasteiger partial charge in [0.25, 0.3) is 5.69 Å². The van der Waals surface area contributed by atoms with Gasteiger partial charge in [0.2, 0.25) is 0 Å². The fourth-order valence-corrected chi connectivity index (χ4v) is 4.20. The Morgan fingerprint density at radius 3 is 2.76 bits per heavy atom. The first-order valence-corrected chi connectivity index (χ1v) is 8.61. The van der Waals surface area contributed by atoms with Crippen LogP contribution in [-0.2, 0) is 0 Å². The van der Waals surface area contributed by atoms with Gasteiger partial charge >= 0.3 is 0 Å². The predicted molar refractivity (Wildman–Crippen MR) is 97.6 cm³/mol. The highest BCUT2D eigenvalue weighted by Gasteiger charge is 2.40. The van der Waals surface area contributed by atoms with Crippen molar-refractivity contribution in [1.29, 1.82) is 0 Å². The number of nitro groups is 1.